The number of hydrogen-bond donors (Lipinski definition) is 0. The summed E-state index contributed by atoms with van der Waals surface area (Å²) in [7, 11) is 0. The average Bonchev–Trinajstić information content (AvgIpc) is 3.30. The zero-order valence-corrected chi connectivity index (χ0v) is 22.4. The van der Waals surface area contributed by atoms with Gasteiger partial charge in [-0.05, 0) is 45.6 Å². The Labute approximate surface area is 224 Å². The van der Waals surface area contributed by atoms with Gasteiger partial charge in [0.05, 0.1) is 47.9 Å². The quantitative estimate of drug-likeness (QED) is 0.349. The highest BCUT2D eigenvalue weighted by Crippen LogP contribution is 2.42. The summed E-state index contributed by atoms with van der Waals surface area (Å²) in [4.78, 5) is 7.36. The number of rotatable bonds is 7. The smallest absolute Gasteiger partial charge is 0.148 e. The Hall–Kier alpha value is -3.33. The number of nitriles is 1. The number of piperidine rings is 1. The van der Waals surface area contributed by atoms with E-state index in [-0.39, 0.29) is 6.10 Å². The molecular formula is C27H30N8O2S. The molecule has 0 N–H and O–H groups in total. The van der Waals surface area contributed by atoms with Gasteiger partial charge in [-0.1, -0.05) is 5.21 Å². The van der Waals surface area contributed by atoms with Crippen LogP contribution in [0.4, 0.5) is 0 Å². The number of ether oxygens (including phenoxy) is 2. The molecule has 3 fully saturated rings. The summed E-state index contributed by atoms with van der Waals surface area (Å²) in [5.74, 6) is 1.20. The first-order valence-corrected chi connectivity index (χ1v) is 14.2. The molecule has 0 bridgehead atoms. The number of thiazole rings is 1. The zero-order chi connectivity index (χ0) is 25.8. The van der Waals surface area contributed by atoms with Crippen LogP contribution in [0, 0.1) is 18.3 Å². The largest absolute Gasteiger partial charge is 0.482 e. The molecule has 0 aromatic carbocycles. The fourth-order valence-electron chi connectivity index (χ4n) is 5.53. The lowest BCUT2D eigenvalue weighted by atomic mass is 10.0. The first-order chi connectivity index (χ1) is 18.6. The maximum atomic E-state index is 9.72. The van der Waals surface area contributed by atoms with Gasteiger partial charge in [-0.15, -0.1) is 16.4 Å². The summed E-state index contributed by atoms with van der Waals surface area (Å²) >= 11 is 1.71. The van der Waals surface area contributed by atoms with E-state index in [1.165, 1.54) is 17.8 Å². The molecule has 1 unspecified atom stereocenters. The summed E-state index contributed by atoms with van der Waals surface area (Å²) in [6.07, 6.45) is 7.76. The van der Waals surface area contributed by atoms with Crippen LogP contribution < -0.4 is 4.74 Å². The van der Waals surface area contributed by atoms with Crippen molar-refractivity contribution in [3.05, 3.63) is 45.8 Å². The summed E-state index contributed by atoms with van der Waals surface area (Å²) < 4.78 is 15.6. The molecule has 1 aliphatic carbocycles. The molecule has 4 aromatic heterocycles. The minimum Gasteiger partial charge on any atom is -0.482 e. The third-order valence-electron chi connectivity index (χ3n) is 8.07. The standard InChI is InChI=1S/C27H30N8O2S/c1-16-25(31-32-35(16)21-5-7-33(8-6-21)22-13-36-14-22)19-9-24(26-20(10-28)11-29-34(26)12-19)37-17(2)23-15-38-27(30-23)18-3-4-18/h9,11-12,15,17-18,21-22H,3-8,13-14H2,1-2H3. The Morgan fingerprint density at radius 1 is 1.18 bits per heavy atom. The first kappa shape index (κ1) is 23.8. The van der Waals surface area contributed by atoms with Crippen molar-refractivity contribution in [2.45, 2.75) is 63.6 Å². The van der Waals surface area contributed by atoms with Crippen molar-refractivity contribution in [1.29, 1.82) is 5.26 Å². The van der Waals surface area contributed by atoms with Crippen LogP contribution in [-0.4, -0.2) is 66.8 Å². The summed E-state index contributed by atoms with van der Waals surface area (Å²) in [6.45, 7) is 7.90. The first-order valence-electron chi connectivity index (χ1n) is 13.4. The number of pyridine rings is 1. The highest BCUT2D eigenvalue weighted by atomic mass is 32.1. The maximum Gasteiger partial charge on any atom is 0.148 e. The highest BCUT2D eigenvalue weighted by molar-refractivity contribution is 7.09. The lowest BCUT2D eigenvalue weighted by molar-refractivity contribution is -0.0735. The van der Waals surface area contributed by atoms with Crippen molar-refractivity contribution in [3.63, 3.8) is 0 Å². The fraction of sp³-hybridized carbons (Fsp3) is 0.519. The molecule has 2 saturated heterocycles. The van der Waals surface area contributed by atoms with E-state index < -0.39 is 0 Å². The van der Waals surface area contributed by atoms with Gasteiger partial charge in [-0.3, -0.25) is 4.90 Å². The Bertz CT molecular complexity index is 1520. The van der Waals surface area contributed by atoms with E-state index in [2.05, 4.69) is 43.4 Å². The molecule has 4 aromatic rings. The Balaban J connectivity index is 1.18. The van der Waals surface area contributed by atoms with Crippen molar-refractivity contribution in [2.75, 3.05) is 26.3 Å². The second-order valence-corrected chi connectivity index (χ2v) is 11.5. The van der Waals surface area contributed by atoms with Crippen molar-refractivity contribution in [1.82, 2.24) is 34.5 Å². The number of nitrogens with zero attached hydrogens (tertiary/aromatic N) is 8. The third-order valence-corrected chi connectivity index (χ3v) is 9.09. The van der Waals surface area contributed by atoms with E-state index in [4.69, 9.17) is 14.5 Å². The van der Waals surface area contributed by atoms with Gasteiger partial charge in [0.25, 0.3) is 0 Å². The molecule has 0 spiro atoms. The summed E-state index contributed by atoms with van der Waals surface area (Å²) in [6, 6.07) is 5.11. The number of likely N-dealkylation sites (tertiary alicyclic amines) is 1. The molecule has 196 valence electrons. The van der Waals surface area contributed by atoms with Gasteiger partial charge in [-0.25, -0.2) is 14.2 Å². The molecule has 0 amide bonds. The van der Waals surface area contributed by atoms with Gasteiger partial charge in [0.2, 0.25) is 0 Å². The van der Waals surface area contributed by atoms with E-state index in [0.717, 1.165) is 61.8 Å². The summed E-state index contributed by atoms with van der Waals surface area (Å²) in [5, 5.41) is 26.6. The van der Waals surface area contributed by atoms with Crippen LogP contribution in [0.3, 0.4) is 0 Å². The van der Waals surface area contributed by atoms with E-state index in [0.29, 0.717) is 34.8 Å². The van der Waals surface area contributed by atoms with Crippen LogP contribution in [0.25, 0.3) is 16.8 Å². The van der Waals surface area contributed by atoms with Gasteiger partial charge in [0.15, 0.2) is 0 Å². The van der Waals surface area contributed by atoms with E-state index in [1.54, 1.807) is 22.0 Å². The van der Waals surface area contributed by atoms with Crippen LogP contribution in [0.1, 0.15) is 72.6 Å². The topological polar surface area (TPSA) is 106 Å². The highest BCUT2D eigenvalue weighted by Gasteiger charge is 2.32. The van der Waals surface area contributed by atoms with Crippen LogP contribution in [0.15, 0.2) is 23.8 Å². The fourth-order valence-corrected chi connectivity index (χ4v) is 6.60. The van der Waals surface area contributed by atoms with Crippen molar-refractivity contribution in [2.24, 2.45) is 0 Å². The second-order valence-electron chi connectivity index (χ2n) is 10.6. The lowest BCUT2D eigenvalue weighted by Crippen LogP contribution is -2.52. The molecule has 10 nitrogen and oxygen atoms in total. The van der Waals surface area contributed by atoms with E-state index in [1.807, 2.05) is 19.2 Å². The molecule has 2 aliphatic heterocycles. The normalized spacial score (nSPS) is 19.9. The van der Waals surface area contributed by atoms with Gasteiger partial charge in [-0.2, -0.15) is 10.4 Å². The number of aromatic nitrogens is 6. The predicted octanol–water partition coefficient (Wildman–Crippen LogP) is 4.28. The minimum atomic E-state index is -0.262. The molecule has 7 rings (SSSR count). The van der Waals surface area contributed by atoms with Gasteiger partial charge in [0.1, 0.15) is 34.7 Å². The van der Waals surface area contributed by atoms with Crippen molar-refractivity contribution < 1.29 is 9.47 Å². The monoisotopic (exact) mass is 530 g/mol. The third kappa shape index (κ3) is 4.17. The average molecular weight is 531 g/mol. The summed E-state index contributed by atoms with van der Waals surface area (Å²) in [5.41, 5.74) is 4.73. The molecule has 38 heavy (non-hydrogen) atoms. The molecule has 3 aliphatic rings. The molecule has 0 radical (unpaired) electrons. The van der Waals surface area contributed by atoms with Crippen molar-refractivity contribution in [3.8, 4) is 23.1 Å². The number of fused-ring (bicyclic) bond motifs is 1. The molecule has 11 heteroatoms. The lowest BCUT2D eigenvalue weighted by Gasteiger charge is -2.41. The number of hydrogen-bond acceptors (Lipinski definition) is 9. The van der Waals surface area contributed by atoms with Gasteiger partial charge >= 0.3 is 0 Å². The van der Waals surface area contributed by atoms with E-state index in [9.17, 15) is 5.26 Å². The van der Waals surface area contributed by atoms with E-state index >= 15 is 0 Å². The minimum absolute atomic E-state index is 0.262. The molecule has 6 heterocycles. The van der Waals surface area contributed by atoms with Gasteiger partial charge < -0.3 is 9.47 Å². The van der Waals surface area contributed by atoms with Crippen LogP contribution in [0.5, 0.6) is 5.75 Å². The molecular weight excluding hydrogens is 500 g/mol. The van der Waals surface area contributed by atoms with Crippen molar-refractivity contribution >= 4 is 16.9 Å². The SMILES string of the molecule is Cc1c(-c2cc(OC(C)c3csc(C4CC4)n3)c3c(C#N)cnn3c2)nnn1C1CCN(C2COC2)CC1. The molecule has 1 saturated carbocycles. The Morgan fingerprint density at radius 3 is 2.71 bits per heavy atom. The maximum absolute atomic E-state index is 9.72. The Kier molecular flexibility index (Phi) is 5.91. The van der Waals surface area contributed by atoms with Crippen LogP contribution in [-0.2, 0) is 4.74 Å². The predicted molar refractivity (Wildman–Crippen MR) is 141 cm³/mol. The molecule has 1 atom stereocenters. The van der Waals surface area contributed by atoms with Crippen LogP contribution >= 0.6 is 11.3 Å². The zero-order valence-electron chi connectivity index (χ0n) is 21.6. The van der Waals surface area contributed by atoms with Gasteiger partial charge in [0, 0.05) is 36.1 Å². The second kappa shape index (κ2) is 9.45. The Morgan fingerprint density at radius 2 is 2.00 bits per heavy atom. The van der Waals surface area contributed by atoms with Crippen LogP contribution in [0.2, 0.25) is 0 Å².